The molecule has 3 nitrogen and oxygen atoms in total. The molecule has 120 valence electrons. The second-order valence-electron chi connectivity index (χ2n) is 7.23. The molecule has 1 amide bonds. The number of carbonyl (C=O) groups is 1. The Morgan fingerprint density at radius 3 is 2.32 bits per heavy atom. The Morgan fingerprint density at radius 2 is 1.82 bits per heavy atom. The van der Waals surface area contributed by atoms with E-state index < -0.39 is 0 Å². The number of rotatable bonds is 1. The van der Waals surface area contributed by atoms with Crippen LogP contribution in [0.5, 0.6) is 0 Å². The molecule has 2 fully saturated rings. The molecule has 2 heterocycles. The van der Waals surface area contributed by atoms with Crippen LogP contribution in [0.4, 0.5) is 0 Å². The van der Waals surface area contributed by atoms with Gasteiger partial charge < -0.3 is 9.64 Å². The van der Waals surface area contributed by atoms with Gasteiger partial charge in [0.1, 0.15) is 4.93 Å². The predicted molar refractivity (Wildman–Crippen MR) is 91.4 cm³/mol. The van der Waals surface area contributed by atoms with Gasteiger partial charge in [0.25, 0.3) is 5.91 Å². The summed E-state index contributed by atoms with van der Waals surface area (Å²) in [6, 6.07) is 8.09. The maximum absolute atomic E-state index is 12.6. The molecule has 2 aliphatic rings. The van der Waals surface area contributed by atoms with Crippen LogP contribution in [0.25, 0.3) is 0 Å². The van der Waals surface area contributed by atoms with Gasteiger partial charge in [0, 0.05) is 37.2 Å². The Kier molecular flexibility index (Phi) is 4.25. The van der Waals surface area contributed by atoms with E-state index in [0.29, 0.717) is 0 Å². The van der Waals surface area contributed by atoms with Crippen LogP contribution in [-0.2, 0) is 10.2 Å². The zero-order valence-corrected chi connectivity index (χ0v) is 14.5. The quantitative estimate of drug-likeness (QED) is 0.791. The summed E-state index contributed by atoms with van der Waals surface area (Å²) in [6.45, 7) is 9.01. The van der Waals surface area contributed by atoms with Crippen molar-refractivity contribution in [3.63, 3.8) is 0 Å². The lowest BCUT2D eigenvalue weighted by Gasteiger charge is -2.37. The number of carbonyl (C=O) groups excluding carboxylic acids is 1. The molecule has 4 heteroatoms. The van der Waals surface area contributed by atoms with Crippen molar-refractivity contribution in [2.75, 3.05) is 25.4 Å². The van der Waals surface area contributed by atoms with Gasteiger partial charge in [-0.3, -0.25) is 4.79 Å². The lowest BCUT2D eigenvalue weighted by Crippen LogP contribution is -2.45. The van der Waals surface area contributed by atoms with Gasteiger partial charge in [-0.25, -0.2) is 0 Å². The number of hydrogen-bond acceptors (Lipinski definition) is 3. The summed E-state index contributed by atoms with van der Waals surface area (Å²) in [4.78, 5) is 14.6. The number of ether oxygens (including phenoxy) is 1. The minimum absolute atomic E-state index is 0.00707. The van der Waals surface area contributed by atoms with Crippen LogP contribution in [0.15, 0.2) is 24.3 Å². The molecule has 0 aliphatic carbocycles. The standard InChI is InChI=1S/C18H25NO2S/c1-17(2,3)15-6-4-14(5-7-15)16(20)19-10-8-18(9-11-19)21-12-13-22-18/h4-7H,8-13H2,1-3H3. The summed E-state index contributed by atoms with van der Waals surface area (Å²) in [7, 11) is 0. The Morgan fingerprint density at radius 1 is 1.18 bits per heavy atom. The summed E-state index contributed by atoms with van der Waals surface area (Å²) in [6.07, 6.45) is 1.90. The van der Waals surface area contributed by atoms with Crippen molar-refractivity contribution in [3.8, 4) is 0 Å². The fourth-order valence-electron chi connectivity index (χ4n) is 3.13. The highest BCUT2D eigenvalue weighted by atomic mass is 32.2. The van der Waals surface area contributed by atoms with Crippen LogP contribution >= 0.6 is 11.8 Å². The molecule has 0 radical (unpaired) electrons. The van der Waals surface area contributed by atoms with Crippen molar-refractivity contribution in [2.45, 2.75) is 44.0 Å². The third-order valence-corrected chi connectivity index (χ3v) is 6.05. The van der Waals surface area contributed by atoms with E-state index in [0.717, 1.165) is 43.9 Å². The van der Waals surface area contributed by atoms with Crippen LogP contribution in [0.1, 0.15) is 49.5 Å². The van der Waals surface area contributed by atoms with Gasteiger partial charge in [-0.15, -0.1) is 11.8 Å². The number of benzene rings is 1. The van der Waals surface area contributed by atoms with Gasteiger partial charge in [-0.2, -0.15) is 0 Å². The van der Waals surface area contributed by atoms with E-state index in [1.807, 2.05) is 28.8 Å². The fourth-order valence-corrected chi connectivity index (χ4v) is 4.31. The average molecular weight is 319 g/mol. The number of piperidine rings is 1. The van der Waals surface area contributed by atoms with E-state index in [1.165, 1.54) is 5.56 Å². The maximum atomic E-state index is 12.6. The van der Waals surface area contributed by atoms with E-state index >= 15 is 0 Å². The first-order chi connectivity index (χ1) is 10.4. The third-order valence-electron chi connectivity index (χ3n) is 4.62. The molecule has 2 aliphatic heterocycles. The van der Waals surface area contributed by atoms with Gasteiger partial charge >= 0.3 is 0 Å². The van der Waals surface area contributed by atoms with Crippen molar-refractivity contribution < 1.29 is 9.53 Å². The van der Waals surface area contributed by atoms with Crippen LogP contribution in [0, 0.1) is 0 Å². The molecule has 1 aromatic carbocycles. The number of nitrogens with zero attached hydrogens (tertiary/aromatic N) is 1. The predicted octanol–water partition coefficient (Wildman–Crippen LogP) is 3.68. The second-order valence-corrected chi connectivity index (χ2v) is 8.67. The van der Waals surface area contributed by atoms with Crippen molar-refractivity contribution in [1.82, 2.24) is 4.90 Å². The lowest BCUT2D eigenvalue weighted by atomic mass is 9.86. The molecule has 22 heavy (non-hydrogen) atoms. The molecule has 1 spiro atoms. The Balaban J connectivity index is 1.65. The largest absolute Gasteiger partial charge is 0.363 e. The van der Waals surface area contributed by atoms with Gasteiger partial charge in [-0.05, 0) is 23.1 Å². The first-order valence-electron chi connectivity index (χ1n) is 8.07. The van der Waals surface area contributed by atoms with Crippen LogP contribution in [0.2, 0.25) is 0 Å². The molecule has 0 saturated carbocycles. The van der Waals surface area contributed by atoms with Crippen molar-refractivity contribution in [3.05, 3.63) is 35.4 Å². The van der Waals surface area contributed by atoms with Crippen LogP contribution in [0.3, 0.4) is 0 Å². The first kappa shape index (κ1) is 15.9. The van der Waals surface area contributed by atoms with E-state index in [1.54, 1.807) is 0 Å². The Labute approximate surface area is 137 Å². The molecule has 0 bridgehead atoms. The Bertz CT molecular complexity index is 531. The van der Waals surface area contributed by atoms with Gasteiger partial charge in [0.15, 0.2) is 0 Å². The highest BCUT2D eigenvalue weighted by Crippen LogP contribution is 2.41. The summed E-state index contributed by atoms with van der Waals surface area (Å²) in [5.74, 6) is 1.24. The summed E-state index contributed by atoms with van der Waals surface area (Å²) in [5.41, 5.74) is 2.18. The van der Waals surface area contributed by atoms with E-state index in [9.17, 15) is 4.79 Å². The van der Waals surface area contributed by atoms with E-state index in [4.69, 9.17) is 4.74 Å². The fraction of sp³-hybridized carbons (Fsp3) is 0.611. The molecular formula is C18H25NO2S. The number of hydrogen-bond donors (Lipinski definition) is 0. The topological polar surface area (TPSA) is 29.5 Å². The normalized spacial score (nSPS) is 21.3. The van der Waals surface area contributed by atoms with Gasteiger partial charge in [0.05, 0.1) is 6.61 Å². The van der Waals surface area contributed by atoms with Crippen LogP contribution in [-0.4, -0.2) is 41.2 Å². The minimum atomic E-state index is -0.00707. The number of thioether (sulfide) groups is 1. The smallest absolute Gasteiger partial charge is 0.253 e. The van der Waals surface area contributed by atoms with Gasteiger partial charge in [0.2, 0.25) is 0 Å². The highest BCUT2D eigenvalue weighted by molar-refractivity contribution is 8.00. The second kappa shape index (κ2) is 5.89. The van der Waals surface area contributed by atoms with E-state index in [2.05, 4.69) is 32.9 Å². The lowest BCUT2D eigenvalue weighted by molar-refractivity contribution is 0.00352. The number of likely N-dealkylation sites (tertiary alicyclic amines) is 1. The van der Waals surface area contributed by atoms with Crippen molar-refractivity contribution in [1.29, 1.82) is 0 Å². The summed E-state index contributed by atoms with van der Waals surface area (Å²) >= 11 is 1.92. The van der Waals surface area contributed by atoms with E-state index in [-0.39, 0.29) is 16.3 Å². The molecule has 1 aromatic rings. The minimum Gasteiger partial charge on any atom is -0.363 e. The monoisotopic (exact) mass is 319 g/mol. The van der Waals surface area contributed by atoms with Gasteiger partial charge in [-0.1, -0.05) is 32.9 Å². The maximum Gasteiger partial charge on any atom is 0.253 e. The third kappa shape index (κ3) is 3.18. The zero-order valence-electron chi connectivity index (χ0n) is 13.7. The Hall–Kier alpha value is -1.00. The molecule has 0 unspecified atom stereocenters. The van der Waals surface area contributed by atoms with Crippen LogP contribution < -0.4 is 0 Å². The SMILES string of the molecule is CC(C)(C)c1ccc(C(=O)N2CCC3(CC2)OCCS3)cc1. The molecule has 0 atom stereocenters. The molecule has 0 N–H and O–H groups in total. The van der Waals surface area contributed by atoms with Crippen molar-refractivity contribution >= 4 is 17.7 Å². The molecule has 2 saturated heterocycles. The van der Waals surface area contributed by atoms with Crippen molar-refractivity contribution in [2.24, 2.45) is 0 Å². The first-order valence-corrected chi connectivity index (χ1v) is 9.06. The summed E-state index contributed by atoms with van der Waals surface area (Å²) < 4.78 is 5.89. The average Bonchev–Trinajstić information content (AvgIpc) is 2.95. The highest BCUT2D eigenvalue weighted by Gasteiger charge is 2.40. The zero-order chi connectivity index (χ0) is 15.8. The molecule has 3 rings (SSSR count). The molecular weight excluding hydrogens is 294 g/mol. The number of amides is 1. The molecule has 0 aromatic heterocycles. The summed E-state index contributed by atoms with van der Waals surface area (Å²) in [5, 5.41) is 0.